The first kappa shape index (κ1) is 21.6. The van der Waals surface area contributed by atoms with E-state index in [0.717, 1.165) is 11.1 Å². The number of rotatable bonds is 6. The van der Waals surface area contributed by atoms with Crippen LogP contribution in [0.15, 0.2) is 86.6 Å². The van der Waals surface area contributed by atoms with E-state index in [0.29, 0.717) is 27.2 Å². The molecule has 0 unspecified atom stereocenters. The molecule has 0 aliphatic carbocycles. The third-order valence-corrected chi connectivity index (χ3v) is 6.35. The van der Waals surface area contributed by atoms with Crippen molar-refractivity contribution in [3.8, 4) is 27.6 Å². The minimum absolute atomic E-state index is 0.167. The van der Waals surface area contributed by atoms with E-state index in [9.17, 15) is 9.59 Å². The van der Waals surface area contributed by atoms with Gasteiger partial charge in [0.1, 0.15) is 0 Å². The third kappa shape index (κ3) is 4.21. The van der Waals surface area contributed by atoms with Crippen molar-refractivity contribution >= 4 is 39.5 Å². The van der Waals surface area contributed by atoms with Gasteiger partial charge in [-0.1, -0.05) is 42.5 Å². The lowest BCUT2D eigenvalue weighted by molar-refractivity contribution is 0.0600. The number of ether oxygens (including phenoxy) is 1. The number of carbonyl (C=O) groups excluding carboxylic acids is 1. The van der Waals surface area contributed by atoms with Crippen molar-refractivity contribution in [3.63, 3.8) is 0 Å². The molecule has 1 N–H and O–H groups in total. The molecular formula is C23H16N6O3S2. The van der Waals surface area contributed by atoms with Crippen molar-refractivity contribution in [1.82, 2.24) is 19.7 Å². The summed E-state index contributed by atoms with van der Waals surface area (Å²) >= 11 is 2.63. The monoisotopic (exact) mass is 488 g/mol. The number of methoxy groups -OCH3 is 1. The maximum absolute atomic E-state index is 13.3. The van der Waals surface area contributed by atoms with Gasteiger partial charge in [-0.25, -0.2) is 14.8 Å². The van der Waals surface area contributed by atoms with E-state index in [1.807, 2.05) is 35.7 Å². The molecule has 0 spiro atoms. The molecule has 0 amide bonds. The first-order valence-electron chi connectivity index (χ1n) is 10.0. The molecule has 11 heteroatoms. The smallest absolute Gasteiger partial charge is 0.337 e. The van der Waals surface area contributed by atoms with E-state index in [1.165, 1.54) is 34.5 Å². The van der Waals surface area contributed by atoms with Crippen LogP contribution < -0.4 is 5.56 Å². The largest absolute Gasteiger partial charge is 0.465 e. The van der Waals surface area contributed by atoms with Crippen molar-refractivity contribution in [1.29, 1.82) is 0 Å². The zero-order chi connectivity index (χ0) is 23.5. The van der Waals surface area contributed by atoms with Crippen LogP contribution in [0.2, 0.25) is 0 Å². The van der Waals surface area contributed by atoms with Gasteiger partial charge < -0.3 is 4.74 Å². The number of H-pyrrole nitrogens is 1. The van der Waals surface area contributed by atoms with Gasteiger partial charge in [0.2, 0.25) is 10.3 Å². The van der Waals surface area contributed by atoms with E-state index < -0.39 is 5.97 Å². The molecule has 0 fully saturated rings. The van der Waals surface area contributed by atoms with Crippen molar-refractivity contribution in [2.75, 3.05) is 7.11 Å². The zero-order valence-corrected chi connectivity index (χ0v) is 19.3. The molecule has 0 saturated carbocycles. The summed E-state index contributed by atoms with van der Waals surface area (Å²) in [6, 6.07) is 16.3. The van der Waals surface area contributed by atoms with Crippen LogP contribution in [0.4, 0.5) is 10.8 Å². The second-order valence-electron chi connectivity index (χ2n) is 6.94. The maximum atomic E-state index is 13.3. The molecule has 3 heterocycles. The summed E-state index contributed by atoms with van der Waals surface area (Å²) in [4.78, 5) is 33.7. The maximum Gasteiger partial charge on any atom is 0.337 e. The number of benzene rings is 2. The molecule has 3 aromatic heterocycles. The van der Waals surface area contributed by atoms with Gasteiger partial charge in [-0.2, -0.15) is 4.68 Å². The highest BCUT2D eigenvalue weighted by atomic mass is 32.1. The quantitative estimate of drug-likeness (QED) is 0.246. The molecule has 0 aliphatic rings. The molecule has 2 aromatic carbocycles. The van der Waals surface area contributed by atoms with Gasteiger partial charge in [-0.05, 0) is 12.1 Å². The zero-order valence-electron chi connectivity index (χ0n) is 17.7. The summed E-state index contributed by atoms with van der Waals surface area (Å²) in [5.74, 6) is -0.406. The number of hydrogen-bond acceptors (Lipinski definition) is 9. The van der Waals surface area contributed by atoms with Crippen LogP contribution in [0.3, 0.4) is 0 Å². The highest BCUT2D eigenvalue weighted by Crippen LogP contribution is 2.30. The number of nitrogens with one attached hydrogen (secondary N) is 1. The van der Waals surface area contributed by atoms with Crippen LogP contribution in [-0.4, -0.2) is 32.8 Å². The Morgan fingerprint density at radius 1 is 1.03 bits per heavy atom. The third-order valence-electron chi connectivity index (χ3n) is 4.87. The SMILES string of the molecule is COC(=O)c1ccc(-c2csc(-n3[nH]c(-c4ccccc4)c(N=Nc4nccs4)c3=O)n2)cc1. The second-order valence-corrected chi connectivity index (χ2v) is 8.65. The van der Waals surface area contributed by atoms with Crippen LogP contribution in [-0.2, 0) is 4.74 Å². The average molecular weight is 489 g/mol. The highest BCUT2D eigenvalue weighted by molar-refractivity contribution is 7.13. The lowest BCUT2D eigenvalue weighted by atomic mass is 10.1. The van der Waals surface area contributed by atoms with Crippen molar-refractivity contribution in [2.24, 2.45) is 10.2 Å². The summed E-state index contributed by atoms with van der Waals surface area (Å²) in [6.07, 6.45) is 1.63. The Labute approximate surface area is 201 Å². The van der Waals surface area contributed by atoms with Crippen molar-refractivity contribution in [3.05, 3.63) is 87.5 Å². The molecule has 5 aromatic rings. The van der Waals surface area contributed by atoms with Gasteiger partial charge >= 0.3 is 11.5 Å². The Balaban J connectivity index is 1.54. The van der Waals surface area contributed by atoms with E-state index in [-0.39, 0.29) is 11.2 Å². The molecule has 0 radical (unpaired) electrons. The standard InChI is InChI=1S/C23H16N6O3S2/c1-32-21(31)16-9-7-14(8-10-16)17-13-34-23(25-17)29-20(30)19(26-27-22-24-11-12-33-22)18(28-29)15-5-3-2-4-6-15/h2-13,28H,1H3. The number of hydrogen-bond donors (Lipinski definition) is 1. The first-order chi connectivity index (χ1) is 16.6. The molecule has 0 bridgehead atoms. The van der Waals surface area contributed by atoms with Crippen molar-refractivity contribution < 1.29 is 9.53 Å². The molecule has 0 saturated heterocycles. The van der Waals surface area contributed by atoms with Gasteiger partial charge in [0.25, 0.3) is 0 Å². The highest BCUT2D eigenvalue weighted by Gasteiger charge is 2.19. The summed E-state index contributed by atoms with van der Waals surface area (Å²) in [5, 5.41) is 16.0. The van der Waals surface area contributed by atoms with Crippen LogP contribution in [0, 0.1) is 0 Å². The summed E-state index contributed by atoms with van der Waals surface area (Å²) in [5.41, 5.74) is 3.05. The molecule has 5 rings (SSSR count). The van der Waals surface area contributed by atoms with Crippen LogP contribution in [0.1, 0.15) is 10.4 Å². The Morgan fingerprint density at radius 3 is 2.53 bits per heavy atom. The second kappa shape index (κ2) is 9.33. The van der Waals surface area contributed by atoms with Gasteiger partial charge in [-0.15, -0.1) is 32.9 Å². The Morgan fingerprint density at radius 2 is 1.82 bits per heavy atom. The minimum Gasteiger partial charge on any atom is -0.465 e. The van der Waals surface area contributed by atoms with E-state index in [1.54, 1.807) is 35.8 Å². The number of azo groups is 1. The summed E-state index contributed by atoms with van der Waals surface area (Å²) in [6.45, 7) is 0. The van der Waals surface area contributed by atoms with Gasteiger partial charge in [-0.3, -0.25) is 9.89 Å². The fraction of sp³-hybridized carbons (Fsp3) is 0.0435. The van der Waals surface area contributed by atoms with Gasteiger partial charge in [0.15, 0.2) is 5.69 Å². The summed E-state index contributed by atoms with van der Waals surface area (Å²) < 4.78 is 6.09. The number of aromatic nitrogens is 4. The molecule has 9 nitrogen and oxygen atoms in total. The lowest BCUT2D eigenvalue weighted by Crippen LogP contribution is -2.13. The predicted molar refractivity (Wildman–Crippen MR) is 131 cm³/mol. The molecular weight excluding hydrogens is 472 g/mol. The Hall–Kier alpha value is -4.22. The van der Waals surface area contributed by atoms with Crippen LogP contribution in [0.25, 0.3) is 27.6 Å². The molecule has 0 atom stereocenters. The summed E-state index contributed by atoms with van der Waals surface area (Å²) in [7, 11) is 1.34. The van der Waals surface area contributed by atoms with Gasteiger partial charge in [0, 0.05) is 28.1 Å². The lowest BCUT2D eigenvalue weighted by Gasteiger charge is -2.01. The molecule has 34 heavy (non-hydrogen) atoms. The molecule has 0 aliphatic heterocycles. The number of esters is 1. The fourth-order valence-corrected chi connectivity index (χ4v) is 4.46. The normalized spacial score (nSPS) is 11.2. The van der Waals surface area contributed by atoms with Crippen molar-refractivity contribution in [2.45, 2.75) is 0 Å². The fourth-order valence-electron chi connectivity index (χ4n) is 3.21. The Kier molecular flexibility index (Phi) is 5.93. The number of nitrogens with zero attached hydrogens (tertiary/aromatic N) is 5. The number of aromatic amines is 1. The van der Waals surface area contributed by atoms with E-state index in [2.05, 4.69) is 25.3 Å². The number of thiazole rings is 2. The van der Waals surface area contributed by atoms with E-state index >= 15 is 0 Å². The average Bonchev–Trinajstić information content (AvgIpc) is 3.64. The van der Waals surface area contributed by atoms with Gasteiger partial charge in [0.05, 0.1) is 24.1 Å². The molecule has 168 valence electrons. The topological polar surface area (TPSA) is 115 Å². The first-order valence-corrected chi connectivity index (χ1v) is 11.8. The Bertz CT molecular complexity index is 1520. The number of carbonyl (C=O) groups is 1. The predicted octanol–water partition coefficient (Wildman–Crippen LogP) is 5.61. The minimum atomic E-state index is -0.406. The van der Waals surface area contributed by atoms with Crippen LogP contribution in [0.5, 0.6) is 0 Å². The van der Waals surface area contributed by atoms with E-state index in [4.69, 9.17) is 4.74 Å². The van der Waals surface area contributed by atoms with Crippen LogP contribution >= 0.6 is 22.7 Å².